The topological polar surface area (TPSA) is 78.7 Å². The monoisotopic (exact) mass is 401 g/mol. The number of hydrogen-bond donors (Lipinski definition) is 1. The Morgan fingerprint density at radius 3 is 2.79 bits per heavy atom. The van der Waals surface area contributed by atoms with Crippen molar-refractivity contribution in [2.45, 2.75) is 32.5 Å². The first kappa shape index (κ1) is 18.7. The summed E-state index contributed by atoms with van der Waals surface area (Å²) in [5.41, 5.74) is 1.08. The molecule has 9 heteroatoms. The Morgan fingerprint density at radius 2 is 2.04 bits per heavy atom. The van der Waals surface area contributed by atoms with E-state index in [0.717, 1.165) is 49.1 Å². The van der Waals surface area contributed by atoms with Crippen LogP contribution >= 0.6 is 11.6 Å². The average molecular weight is 402 g/mol. The minimum atomic E-state index is 0.0903. The van der Waals surface area contributed by atoms with Crippen molar-refractivity contribution in [2.24, 2.45) is 4.99 Å². The molecule has 0 spiro atoms. The number of benzene rings is 1. The van der Waals surface area contributed by atoms with E-state index in [1.54, 1.807) is 7.05 Å². The minimum absolute atomic E-state index is 0.0903. The molecule has 0 bridgehead atoms. The number of carbonyl (C=O) groups excluding carboxylic acids is 1. The fourth-order valence-corrected chi connectivity index (χ4v) is 3.82. The first-order valence-corrected chi connectivity index (χ1v) is 9.90. The molecule has 1 aromatic carbocycles. The predicted octanol–water partition coefficient (Wildman–Crippen LogP) is 1.30. The summed E-state index contributed by atoms with van der Waals surface area (Å²) in [7, 11) is 1.74. The maximum atomic E-state index is 12.6. The van der Waals surface area contributed by atoms with Crippen LogP contribution < -0.4 is 5.32 Å². The molecule has 4 rings (SSSR count). The molecular formula is C19H24ClN7O. The van der Waals surface area contributed by atoms with Crippen LogP contribution in [0.4, 0.5) is 0 Å². The van der Waals surface area contributed by atoms with Crippen molar-refractivity contribution in [1.82, 2.24) is 29.9 Å². The largest absolute Gasteiger partial charge is 0.349 e. The molecule has 1 fully saturated rings. The number of nitrogens with zero attached hydrogens (tertiary/aromatic N) is 6. The number of aliphatic imine (C=N–C) groups is 1. The Morgan fingerprint density at radius 1 is 1.21 bits per heavy atom. The third-order valence-electron chi connectivity index (χ3n) is 5.21. The first-order chi connectivity index (χ1) is 13.6. The van der Waals surface area contributed by atoms with Gasteiger partial charge in [0.15, 0.2) is 11.8 Å². The quantitative estimate of drug-likeness (QED) is 0.617. The van der Waals surface area contributed by atoms with E-state index in [0.29, 0.717) is 31.2 Å². The number of halogens is 1. The van der Waals surface area contributed by atoms with Gasteiger partial charge in [-0.1, -0.05) is 23.7 Å². The number of fused-ring (bicyclic) bond motifs is 1. The summed E-state index contributed by atoms with van der Waals surface area (Å²) >= 11 is 5.93. The number of piperazine rings is 1. The SMILES string of the molecule is CN=C(NCc1nnc2n1CCC2)N1CCN(Cc2ccc(Cl)cc2)C(=O)C1. The van der Waals surface area contributed by atoms with Gasteiger partial charge in [0.1, 0.15) is 5.82 Å². The van der Waals surface area contributed by atoms with Gasteiger partial charge in [0.2, 0.25) is 5.91 Å². The van der Waals surface area contributed by atoms with Gasteiger partial charge in [0.25, 0.3) is 0 Å². The zero-order chi connectivity index (χ0) is 19.5. The molecule has 2 aliphatic rings. The van der Waals surface area contributed by atoms with Crippen LogP contribution in [0.3, 0.4) is 0 Å². The van der Waals surface area contributed by atoms with Gasteiger partial charge in [-0.25, -0.2) is 0 Å². The fourth-order valence-electron chi connectivity index (χ4n) is 3.70. The number of hydrogen-bond acceptors (Lipinski definition) is 4. The molecule has 0 saturated carbocycles. The van der Waals surface area contributed by atoms with E-state index in [1.807, 2.05) is 34.1 Å². The van der Waals surface area contributed by atoms with E-state index in [1.165, 1.54) is 0 Å². The highest BCUT2D eigenvalue weighted by Gasteiger charge is 2.26. The van der Waals surface area contributed by atoms with E-state index in [-0.39, 0.29) is 5.91 Å². The molecule has 148 valence electrons. The van der Waals surface area contributed by atoms with Gasteiger partial charge < -0.3 is 19.7 Å². The maximum absolute atomic E-state index is 12.6. The standard InChI is InChI=1S/C19H24ClN7O/c1-21-19(22-11-17-24-23-16-3-2-8-27(16)17)26-10-9-25(18(28)13-26)12-14-4-6-15(20)7-5-14/h4-7H,2-3,8-13H2,1H3,(H,21,22). The summed E-state index contributed by atoms with van der Waals surface area (Å²) in [6.07, 6.45) is 2.11. The molecule has 2 aromatic rings. The minimum Gasteiger partial charge on any atom is -0.349 e. The van der Waals surface area contributed by atoms with Crippen molar-refractivity contribution in [1.29, 1.82) is 0 Å². The molecule has 3 heterocycles. The number of guanidine groups is 1. The second-order valence-corrected chi connectivity index (χ2v) is 7.49. The van der Waals surface area contributed by atoms with Crippen LogP contribution in [0.25, 0.3) is 0 Å². The first-order valence-electron chi connectivity index (χ1n) is 9.53. The van der Waals surface area contributed by atoms with Gasteiger partial charge in [0, 0.05) is 44.7 Å². The zero-order valence-corrected chi connectivity index (χ0v) is 16.7. The van der Waals surface area contributed by atoms with Crippen molar-refractivity contribution in [3.05, 3.63) is 46.5 Å². The van der Waals surface area contributed by atoms with E-state index < -0.39 is 0 Å². The van der Waals surface area contributed by atoms with Gasteiger partial charge >= 0.3 is 0 Å². The molecule has 28 heavy (non-hydrogen) atoms. The maximum Gasteiger partial charge on any atom is 0.242 e. The summed E-state index contributed by atoms with van der Waals surface area (Å²) in [5, 5.41) is 12.5. The Bertz CT molecular complexity index is 877. The Hall–Kier alpha value is -2.61. The van der Waals surface area contributed by atoms with Crippen molar-refractivity contribution in [3.63, 3.8) is 0 Å². The van der Waals surface area contributed by atoms with Crippen LogP contribution in [-0.4, -0.2) is 63.1 Å². The third kappa shape index (κ3) is 3.96. The summed E-state index contributed by atoms with van der Waals surface area (Å²) < 4.78 is 2.16. The highest BCUT2D eigenvalue weighted by Crippen LogP contribution is 2.15. The van der Waals surface area contributed by atoms with Gasteiger partial charge in [-0.2, -0.15) is 0 Å². The summed E-state index contributed by atoms with van der Waals surface area (Å²) in [5.74, 6) is 2.78. The van der Waals surface area contributed by atoms with Gasteiger partial charge in [-0.05, 0) is 24.1 Å². The zero-order valence-electron chi connectivity index (χ0n) is 15.9. The molecule has 0 aliphatic carbocycles. The molecule has 2 aliphatic heterocycles. The number of rotatable bonds is 4. The van der Waals surface area contributed by atoms with Gasteiger partial charge in [-0.3, -0.25) is 9.79 Å². The summed E-state index contributed by atoms with van der Waals surface area (Å²) in [6.45, 7) is 3.82. The van der Waals surface area contributed by atoms with Crippen molar-refractivity contribution in [2.75, 3.05) is 26.7 Å². The Balaban J connectivity index is 1.33. The van der Waals surface area contributed by atoms with Crippen molar-refractivity contribution < 1.29 is 4.79 Å². The number of nitrogens with one attached hydrogen (secondary N) is 1. The van der Waals surface area contributed by atoms with E-state index >= 15 is 0 Å². The molecule has 1 saturated heterocycles. The molecule has 1 N–H and O–H groups in total. The highest BCUT2D eigenvalue weighted by atomic mass is 35.5. The summed E-state index contributed by atoms with van der Waals surface area (Å²) in [4.78, 5) is 20.8. The molecule has 0 atom stereocenters. The van der Waals surface area contributed by atoms with E-state index in [9.17, 15) is 4.79 Å². The lowest BCUT2D eigenvalue weighted by molar-refractivity contribution is -0.135. The Labute approximate surface area is 169 Å². The second-order valence-electron chi connectivity index (χ2n) is 7.05. The smallest absolute Gasteiger partial charge is 0.242 e. The number of aromatic nitrogens is 3. The molecule has 0 radical (unpaired) electrons. The second kappa shape index (κ2) is 8.18. The lowest BCUT2D eigenvalue weighted by Crippen LogP contribution is -2.54. The Kier molecular flexibility index (Phi) is 5.47. The molecular weight excluding hydrogens is 378 g/mol. The fraction of sp³-hybridized carbons (Fsp3) is 0.474. The van der Waals surface area contributed by atoms with Crippen molar-refractivity contribution in [3.8, 4) is 0 Å². The van der Waals surface area contributed by atoms with Crippen LogP contribution in [0, 0.1) is 0 Å². The molecule has 1 amide bonds. The highest BCUT2D eigenvalue weighted by molar-refractivity contribution is 6.30. The lowest BCUT2D eigenvalue weighted by Gasteiger charge is -2.36. The van der Waals surface area contributed by atoms with Gasteiger partial charge in [0.05, 0.1) is 13.1 Å². The van der Waals surface area contributed by atoms with Crippen LogP contribution in [0.15, 0.2) is 29.3 Å². The van der Waals surface area contributed by atoms with Crippen LogP contribution in [0.2, 0.25) is 5.02 Å². The van der Waals surface area contributed by atoms with Crippen LogP contribution in [-0.2, 0) is 30.8 Å². The third-order valence-corrected chi connectivity index (χ3v) is 5.46. The van der Waals surface area contributed by atoms with E-state index in [4.69, 9.17) is 11.6 Å². The van der Waals surface area contributed by atoms with Crippen LogP contribution in [0.1, 0.15) is 23.6 Å². The lowest BCUT2D eigenvalue weighted by atomic mass is 10.2. The van der Waals surface area contributed by atoms with Crippen molar-refractivity contribution >= 4 is 23.5 Å². The number of amides is 1. The van der Waals surface area contributed by atoms with Gasteiger partial charge in [-0.15, -0.1) is 10.2 Å². The van der Waals surface area contributed by atoms with Crippen LogP contribution in [0.5, 0.6) is 0 Å². The average Bonchev–Trinajstić information content (AvgIpc) is 3.30. The number of aryl methyl sites for hydroxylation is 1. The van der Waals surface area contributed by atoms with E-state index in [2.05, 4.69) is 25.1 Å². The predicted molar refractivity (Wildman–Crippen MR) is 107 cm³/mol. The number of carbonyl (C=O) groups is 1. The normalized spacial score (nSPS) is 17.2. The molecule has 8 nitrogen and oxygen atoms in total. The summed E-state index contributed by atoms with van der Waals surface area (Å²) in [6, 6.07) is 7.62. The molecule has 1 aromatic heterocycles. The molecule has 0 unspecified atom stereocenters.